The number of hydrogen-bond donors (Lipinski definition) is 1. The molecule has 0 aromatic heterocycles. The van der Waals surface area contributed by atoms with E-state index in [4.69, 9.17) is 10.5 Å². The van der Waals surface area contributed by atoms with Crippen LogP contribution < -0.4 is 5.73 Å². The van der Waals surface area contributed by atoms with Gasteiger partial charge in [0.1, 0.15) is 6.04 Å². The van der Waals surface area contributed by atoms with E-state index >= 15 is 0 Å². The molecule has 1 aliphatic heterocycles. The van der Waals surface area contributed by atoms with Gasteiger partial charge in [-0.25, -0.2) is 0 Å². The smallest absolute Gasteiger partial charge is 0.239 e. The highest BCUT2D eigenvalue weighted by Crippen LogP contribution is 2.24. The van der Waals surface area contributed by atoms with Crippen molar-refractivity contribution in [1.82, 2.24) is 4.90 Å². The molecule has 1 saturated heterocycles. The summed E-state index contributed by atoms with van der Waals surface area (Å²) in [6, 6.07) is 7.30. The third kappa shape index (κ3) is 4.04. The molecule has 0 spiro atoms. The Balaban J connectivity index is 2.09. The number of carbonyl (C=O) groups excluding carboxylic acids is 1. The zero-order valence-electron chi connectivity index (χ0n) is 11.7. The molecule has 1 heterocycles. The minimum atomic E-state index is -0.418. The molecule has 2 N–H and O–H groups in total. The second-order valence-corrected chi connectivity index (χ2v) is 6.20. The monoisotopic (exact) mass is 340 g/mol. The Morgan fingerprint density at radius 2 is 2.35 bits per heavy atom. The van der Waals surface area contributed by atoms with Crippen LogP contribution in [0, 0.1) is 0 Å². The Hall–Kier alpha value is -0.910. The van der Waals surface area contributed by atoms with Crippen molar-refractivity contribution in [3.05, 3.63) is 34.3 Å². The number of amides is 1. The molecule has 1 amide bonds. The van der Waals surface area contributed by atoms with Crippen LogP contribution in [0.1, 0.15) is 30.9 Å². The first-order chi connectivity index (χ1) is 9.58. The lowest BCUT2D eigenvalue weighted by atomic mass is 10.0. The number of hydrogen-bond acceptors (Lipinski definition) is 3. The fourth-order valence-corrected chi connectivity index (χ4v) is 3.11. The van der Waals surface area contributed by atoms with Gasteiger partial charge in [-0.3, -0.25) is 9.69 Å². The van der Waals surface area contributed by atoms with E-state index in [1.54, 1.807) is 0 Å². The number of carbonyl (C=O) groups is 1. The van der Waals surface area contributed by atoms with Gasteiger partial charge in [0.2, 0.25) is 5.91 Å². The van der Waals surface area contributed by atoms with Gasteiger partial charge in [-0.15, -0.1) is 0 Å². The first kappa shape index (κ1) is 15.5. The molecule has 1 aromatic rings. The standard InChI is InChI=1S/C15H21BrN2O2/c1-18(10-13-7-2-3-8-20-13)14(15(17)19)11-5-4-6-12(16)9-11/h4-6,9,13-14H,2-3,7-8,10H2,1H3,(H2,17,19). The Kier molecular flexibility index (Phi) is 5.57. The summed E-state index contributed by atoms with van der Waals surface area (Å²) in [6.45, 7) is 1.54. The van der Waals surface area contributed by atoms with Gasteiger partial charge < -0.3 is 10.5 Å². The van der Waals surface area contributed by atoms with Crippen LogP contribution in [0.25, 0.3) is 0 Å². The lowest BCUT2D eigenvalue weighted by molar-refractivity contribution is -0.123. The number of benzene rings is 1. The van der Waals surface area contributed by atoms with Crippen LogP contribution in [0.2, 0.25) is 0 Å². The van der Waals surface area contributed by atoms with E-state index in [1.807, 2.05) is 36.2 Å². The van der Waals surface area contributed by atoms with Crippen molar-refractivity contribution in [3.63, 3.8) is 0 Å². The summed E-state index contributed by atoms with van der Waals surface area (Å²) in [4.78, 5) is 13.8. The number of ether oxygens (including phenoxy) is 1. The van der Waals surface area contributed by atoms with Crippen LogP contribution in [0.5, 0.6) is 0 Å². The van der Waals surface area contributed by atoms with Gasteiger partial charge in [0, 0.05) is 17.6 Å². The maximum Gasteiger partial charge on any atom is 0.239 e. The summed E-state index contributed by atoms with van der Waals surface area (Å²) in [7, 11) is 1.92. The van der Waals surface area contributed by atoms with Crippen molar-refractivity contribution in [2.45, 2.75) is 31.4 Å². The molecule has 0 saturated carbocycles. The van der Waals surface area contributed by atoms with E-state index in [0.717, 1.165) is 36.0 Å². The lowest BCUT2D eigenvalue weighted by Gasteiger charge is -2.31. The van der Waals surface area contributed by atoms with Gasteiger partial charge in [-0.2, -0.15) is 0 Å². The third-order valence-corrected chi connectivity index (χ3v) is 4.13. The second kappa shape index (κ2) is 7.20. The van der Waals surface area contributed by atoms with E-state index in [9.17, 15) is 4.79 Å². The zero-order valence-corrected chi connectivity index (χ0v) is 13.3. The Bertz CT molecular complexity index is 461. The first-order valence-corrected chi connectivity index (χ1v) is 7.74. The van der Waals surface area contributed by atoms with E-state index in [-0.39, 0.29) is 12.0 Å². The minimum absolute atomic E-state index is 0.197. The predicted molar refractivity (Wildman–Crippen MR) is 82.3 cm³/mol. The van der Waals surface area contributed by atoms with Crippen LogP contribution in [0.3, 0.4) is 0 Å². The molecule has 5 heteroatoms. The third-order valence-electron chi connectivity index (χ3n) is 3.64. The molecule has 0 aliphatic carbocycles. The number of likely N-dealkylation sites (N-methyl/N-ethyl adjacent to an activating group) is 1. The lowest BCUT2D eigenvalue weighted by Crippen LogP contribution is -2.41. The topological polar surface area (TPSA) is 55.6 Å². The number of halogens is 1. The average molecular weight is 341 g/mol. The van der Waals surface area contributed by atoms with Gasteiger partial charge >= 0.3 is 0 Å². The van der Waals surface area contributed by atoms with Gasteiger partial charge in [0.15, 0.2) is 0 Å². The van der Waals surface area contributed by atoms with Crippen LogP contribution in [-0.4, -0.2) is 37.1 Å². The number of nitrogens with two attached hydrogens (primary N) is 1. The highest BCUT2D eigenvalue weighted by molar-refractivity contribution is 9.10. The summed E-state index contributed by atoms with van der Waals surface area (Å²) in [6.07, 6.45) is 3.57. The van der Waals surface area contributed by atoms with Crippen LogP contribution in [0.4, 0.5) is 0 Å². The summed E-state index contributed by atoms with van der Waals surface area (Å²) in [5.74, 6) is -0.332. The number of nitrogens with zero attached hydrogens (tertiary/aromatic N) is 1. The maximum atomic E-state index is 11.8. The summed E-state index contributed by atoms with van der Waals surface area (Å²) >= 11 is 3.43. The van der Waals surface area contributed by atoms with Crippen LogP contribution in [-0.2, 0) is 9.53 Å². The normalized spacial score (nSPS) is 20.9. The van der Waals surface area contributed by atoms with Crippen molar-refractivity contribution < 1.29 is 9.53 Å². The summed E-state index contributed by atoms with van der Waals surface area (Å²) in [5.41, 5.74) is 6.50. The van der Waals surface area contributed by atoms with E-state index in [1.165, 1.54) is 6.42 Å². The largest absolute Gasteiger partial charge is 0.377 e. The molecule has 0 bridgehead atoms. The minimum Gasteiger partial charge on any atom is -0.377 e. The van der Waals surface area contributed by atoms with E-state index in [0.29, 0.717) is 0 Å². The maximum absolute atomic E-state index is 11.8. The zero-order chi connectivity index (χ0) is 14.5. The molecular weight excluding hydrogens is 320 g/mol. The molecular formula is C15H21BrN2O2. The van der Waals surface area contributed by atoms with Crippen molar-refractivity contribution in [3.8, 4) is 0 Å². The fraction of sp³-hybridized carbons (Fsp3) is 0.533. The molecule has 1 aromatic carbocycles. The van der Waals surface area contributed by atoms with Crippen LogP contribution >= 0.6 is 15.9 Å². The molecule has 2 atom stereocenters. The number of primary amides is 1. The van der Waals surface area contributed by atoms with E-state index in [2.05, 4.69) is 15.9 Å². The Labute approximate surface area is 128 Å². The van der Waals surface area contributed by atoms with Gasteiger partial charge in [0.05, 0.1) is 6.10 Å². The fourth-order valence-electron chi connectivity index (χ4n) is 2.69. The highest BCUT2D eigenvalue weighted by Gasteiger charge is 2.26. The number of rotatable bonds is 5. The molecule has 1 fully saturated rings. The van der Waals surface area contributed by atoms with Crippen molar-refractivity contribution in [1.29, 1.82) is 0 Å². The highest BCUT2D eigenvalue weighted by atomic mass is 79.9. The SMILES string of the molecule is CN(CC1CCCCO1)C(C(N)=O)c1cccc(Br)c1. The van der Waals surface area contributed by atoms with Gasteiger partial charge in [-0.05, 0) is 44.0 Å². The predicted octanol–water partition coefficient (Wildman–Crippen LogP) is 2.48. The quantitative estimate of drug-likeness (QED) is 0.895. The summed E-state index contributed by atoms with van der Waals surface area (Å²) in [5, 5.41) is 0. The first-order valence-electron chi connectivity index (χ1n) is 6.94. The Morgan fingerprint density at radius 1 is 1.55 bits per heavy atom. The van der Waals surface area contributed by atoms with Crippen molar-refractivity contribution in [2.24, 2.45) is 5.73 Å². The van der Waals surface area contributed by atoms with Crippen molar-refractivity contribution in [2.75, 3.05) is 20.2 Å². The molecule has 1 aliphatic rings. The molecule has 2 unspecified atom stereocenters. The molecule has 110 valence electrons. The molecule has 4 nitrogen and oxygen atoms in total. The van der Waals surface area contributed by atoms with Gasteiger partial charge in [0.25, 0.3) is 0 Å². The Morgan fingerprint density at radius 3 is 2.95 bits per heavy atom. The van der Waals surface area contributed by atoms with Crippen molar-refractivity contribution >= 4 is 21.8 Å². The van der Waals surface area contributed by atoms with Gasteiger partial charge in [-0.1, -0.05) is 28.1 Å². The van der Waals surface area contributed by atoms with Crippen LogP contribution in [0.15, 0.2) is 28.7 Å². The summed E-state index contributed by atoms with van der Waals surface area (Å²) < 4.78 is 6.68. The average Bonchev–Trinajstić information content (AvgIpc) is 2.39. The van der Waals surface area contributed by atoms with E-state index < -0.39 is 6.04 Å². The molecule has 2 rings (SSSR count). The second-order valence-electron chi connectivity index (χ2n) is 5.29. The molecule has 20 heavy (non-hydrogen) atoms. The molecule has 0 radical (unpaired) electrons.